The van der Waals surface area contributed by atoms with E-state index in [0.717, 1.165) is 0 Å². The zero-order valence-electron chi connectivity index (χ0n) is 9.23. The number of halogens is 1. The predicted octanol–water partition coefficient (Wildman–Crippen LogP) is 1.54. The molecule has 0 aromatic heterocycles. The second kappa shape index (κ2) is 4.98. The summed E-state index contributed by atoms with van der Waals surface area (Å²) < 4.78 is 0.702. The molecule has 1 aromatic rings. The fourth-order valence-corrected chi connectivity index (χ4v) is 2.31. The molecule has 2 rings (SSSR count). The molecule has 0 aliphatic carbocycles. The molecule has 0 bridgehead atoms. The van der Waals surface area contributed by atoms with Crippen molar-refractivity contribution < 1.29 is 9.59 Å². The lowest BCUT2D eigenvalue weighted by Gasteiger charge is -2.28. The van der Waals surface area contributed by atoms with E-state index >= 15 is 0 Å². The quantitative estimate of drug-likeness (QED) is 0.800. The Balaban J connectivity index is 2.21. The number of nitrogens with zero attached hydrogens (tertiary/aromatic N) is 1. The lowest BCUT2D eigenvalue weighted by Crippen LogP contribution is -2.46. The Hall–Kier alpha value is -1.20. The van der Waals surface area contributed by atoms with Gasteiger partial charge in [-0.3, -0.25) is 14.5 Å². The van der Waals surface area contributed by atoms with Gasteiger partial charge in [0, 0.05) is 23.5 Å². The summed E-state index contributed by atoms with van der Waals surface area (Å²) in [6.45, 7) is 0.403. The molecule has 1 aliphatic rings. The molecule has 5 heteroatoms. The summed E-state index contributed by atoms with van der Waals surface area (Å²) in [5.41, 5.74) is 6.20. The van der Waals surface area contributed by atoms with E-state index in [9.17, 15) is 9.59 Å². The van der Waals surface area contributed by atoms with Crippen molar-refractivity contribution in [2.75, 3.05) is 6.54 Å². The summed E-state index contributed by atoms with van der Waals surface area (Å²) in [6, 6.07) is 6.97. The van der Waals surface area contributed by atoms with E-state index in [2.05, 4.69) is 15.9 Å². The minimum Gasteiger partial charge on any atom is -0.327 e. The number of carbonyl (C=O) groups excluding carboxylic acids is 2. The van der Waals surface area contributed by atoms with Gasteiger partial charge in [0.05, 0.1) is 5.56 Å². The molecule has 1 aromatic carbocycles. The third kappa shape index (κ3) is 2.56. The van der Waals surface area contributed by atoms with Gasteiger partial charge in [0.2, 0.25) is 5.91 Å². The molecule has 0 saturated carbocycles. The zero-order chi connectivity index (χ0) is 12.4. The smallest absolute Gasteiger partial charge is 0.261 e. The molecule has 90 valence electrons. The Morgan fingerprint density at radius 2 is 2.12 bits per heavy atom. The minimum absolute atomic E-state index is 0.120. The van der Waals surface area contributed by atoms with Crippen molar-refractivity contribution >= 4 is 27.7 Å². The van der Waals surface area contributed by atoms with Crippen LogP contribution in [0.1, 0.15) is 23.2 Å². The first-order chi connectivity index (χ1) is 8.09. The van der Waals surface area contributed by atoms with Crippen molar-refractivity contribution in [2.24, 2.45) is 5.73 Å². The van der Waals surface area contributed by atoms with E-state index in [1.165, 1.54) is 4.90 Å². The fraction of sp³-hybridized carbons (Fsp3) is 0.333. The Morgan fingerprint density at radius 3 is 2.76 bits per heavy atom. The number of nitrogens with two attached hydrogens (primary N) is 1. The maximum Gasteiger partial charge on any atom is 0.261 e. The molecule has 4 nitrogen and oxygen atoms in total. The van der Waals surface area contributed by atoms with Crippen molar-refractivity contribution in [3.05, 3.63) is 34.3 Å². The van der Waals surface area contributed by atoms with Crippen LogP contribution in [0, 0.1) is 0 Å². The van der Waals surface area contributed by atoms with Gasteiger partial charge in [0.25, 0.3) is 5.91 Å². The number of hydrogen-bond donors (Lipinski definition) is 1. The van der Waals surface area contributed by atoms with E-state index in [4.69, 9.17) is 5.73 Å². The summed E-state index contributed by atoms with van der Waals surface area (Å²) in [4.78, 5) is 25.2. The molecular formula is C12H13BrN2O2. The Labute approximate surface area is 108 Å². The third-order valence-electron chi connectivity index (χ3n) is 2.81. The number of hydrogen-bond acceptors (Lipinski definition) is 3. The summed E-state index contributed by atoms with van der Waals surface area (Å²) in [6.07, 6.45) is 0.915. The van der Waals surface area contributed by atoms with Crippen molar-refractivity contribution in [1.29, 1.82) is 0 Å². The average molecular weight is 297 g/mol. The van der Waals surface area contributed by atoms with E-state index in [1.54, 1.807) is 18.2 Å². The number of benzene rings is 1. The van der Waals surface area contributed by atoms with Crippen molar-refractivity contribution in [2.45, 2.75) is 18.9 Å². The largest absolute Gasteiger partial charge is 0.327 e. The number of rotatable bonds is 1. The molecule has 1 atom stereocenters. The van der Waals surface area contributed by atoms with Gasteiger partial charge in [-0.05, 0) is 34.5 Å². The topological polar surface area (TPSA) is 63.4 Å². The number of carbonyl (C=O) groups is 2. The second-order valence-electron chi connectivity index (χ2n) is 4.08. The standard InChI is InChI=1S/C12H13BrN2O2/c13-10-4-2-1-3-9(10)12(17)15-6-5-8(14)7-11(15)16/h1-4,8H,5-7,14H2. The van der Waals surface area contributed by atoms with Crippen LogP contribution in [-0.4, -0.2) is 29.3 Å². The molecule has 0 spiro atoms. The molecule has 0 radical (unpaired) electrons. The van der Waals surface area contributed by atoms with Gasteiger partial charge >= 0.3 is 0 Å². The molecule has 1 saturated heterocycles. The highest BCUT2D eigenvalue weighted by molar-refractivity contribution is 9.10. The molecule has 1 heterocycles. The summed E-state index contributed by atoms with van der Waals surface area (Å²) in [5.74, 6) is -0.445. The van der Waals surface area contributed by atoms with Crippen LogP contribution in [-0.2, 0) is 4.79 Å². The number of amides is 2. The Morgan fingerprint density at radius 1 is 1.41 bits per heavy atom. The minimum atomic E-state index is -0.255. The Kier molecular flexibility index (Phi) is 3.59. The Bertz CT molecular complexity index is 462. The average Bonchev–Trinajstić information content (AvgIpc) is 2.29. The van der Waals surface area contributed by atoms with Crippen LogP contribution in [0.5, 0.6) is 0 Å². The van der Waals surface area contributed by atoms with Gasteiger partial charge in [-0.1, -0.05) is 12.1 Å². The highest BCUT2D eigenvalue weighted by atomic mass is 79.9. The molecule has 1 aliphatic heterocycles. The molecule has 2 N–H and O–H groups in total. The highest BCUT2D eigenvalue weighted by Gasteiger charge is 2.29. The normalized spacial score (nSPS) is 20.5. The van der Waals surface area contributed by atoms with Crippen LogP contribution < -0.4 is 5.73 Å². The van der Waals surface area contributed by atoms with E-state index in [0.29, 0.717) is 23.0 Å². The van der Waals surface area contributed by atoms with Crippen LogP contribution in [0.3, 0.4) is 0 Å². The van der Waals surface area contributed by atoms with E-state index in [-0.39, 0.29) is 24.3 Å². The second-order valence-corrected chi connectivity index (χ2v) is 4.94. The molecule has 1 fully saturated rings. The number of piperidine rings is 1. The first-order valence-electron chi connectivity index (χ1n) is 5.44. The van der Waals surface area contributed by atoms with E-state index < -0.39 is 0 Å². The molecule has 2 amide bonds. The van der Waals surface area contributed by atoms with Crippen molar-refractivity contribution in [1.82, 2.24) is 4.90 Å². The molecule has 17 heavy (non-hydrogen) atoms. The van der Waals surface area contributed by atoms with Crippen LogP contribution in [0.2, 0.25) is 0 Å². The zero-order valence-corrected chi connectivity index (χ0v) is 10.8. The summed E-state index contributed by atoms with van der Waals surface area (Å²) >= 11 is 3.31. The first kappa shape index (κ1) is 12.3. The van der Waals surface area contributed by atoms with Crippen molar-refractivity contribution in [3.8, 4) is 0 Å². The van der Waals surface area contributed by atoms with Gasteiger partial charge in [0.1, 0.15) is 0 Å². The molecule has 1 unspecified atom stereocenters. The maximum atomic E-state index is 12.2. The van der Waals surface area contributed by atoms with Crippen LogP contribution in [0.4, 0.5) is 0 Å². The summed E-state index contributed by atoms with van der Waals surface area (Å²) in [7, 11) is 0. The van der Waals surface area contributed by atoms with Crippen molar-refractivity contribution in [3.63, 3.8) is 0 Å². The van der Waals surface area contributed by atoms with Crippen LogP contribution in [0.15, 0.2) is 28.7 Å². The highest BCUT2D eigenvalue weighted by Crippen LogP contribution is 2.20. The fourth-order valence-electron chi connectivity index (χ4n) is 1.85. The van der Waals surface area contributed by atoms with Crippen LogP contribution >= 0.6 is 15.9 Å². The van der Waals surface area contributed by atoms with Crippen LogP contribution in [0.25, 0.3) is 0 Å². The molecular weight excluding hydrogens is 284 g/mol. The third-order valence-corrected chi connectivity index (χ3v) is 3.50. The maximum absolute atomic E-state index is 12.2. The lowest BCUT2D eigenvalue weighted by atomic mass is 10.0. The van der Waals surface area contributed by atoms with Gasteiger partial charge in [-0.15, -0.1) is 0 Å². The van der Waals surface area contributed by atoms with E-state index in [1.807, 2.05) is 6.07 Å². The SMILES string of the molecule is NC1CCN(C(=O)c2ccccc2Br)C(=O)C1. The number of imide groups is 1. The van der Waals surface area contributed by atoms with Gasteiger partial charge < -0.3 is 5.73 Å². The number of likely N-dealkylation sites (tertiary alicyclic amines) is 1. The van der Waals surface area contributed by atoms with Gasteiger partial charge in [-0.25, -0.2) is 0 Å². The van der Waals surface area contributed by atoms with Gasteiger partial charge in [-0.2, -0.15) is 0 Å². The lowest BCUT2D eigenvalue weighted by molar-refractivity contribution is -0.130. The van der Waals surface area contributed by atoms with Gasteiger partial charge in [0.15, 0.2) is 0 Å². The monoisotopic (exact) mass is 296 g/mol. The summed E-state index contributed by atoms with van der Waals surface area (Å²) in [5, 5.41) is 0. The predicted molar refractivity (Wildman–Crippen MR) is 67.4 cm³/mol. The first-order valence-corrected chi connectivity index (χ1v) is 6.23.